The van der Waals surface area contributed by atoms with Crippen LogP contribution in [0.5, 0.6) is 0 Å². The van der Waals surface area contributed by atoms with E-state index in [2.05, 4.69) is 10.6 Å². The summed E-state index contributed by atoms with van der Waals surface area (Å²) in [5, 5.41) is 5.65. The highest BCUT2D eigenvalue weighted by Gasteiger charge is 2.46. The van der Waals surface area contributed by atoms with Gasteiger partial charge in [-0.15, -0.1) is 12.4 Å². The van der Waals surface area contributed by atoms with Crippen LogP contribution < -0.4 is 10.6 Å². The number of halogens is 3. The van der Waals surface area contributed by atoms with Crippen LogP contribution in [0.15, 0.2) is 18.2 Å². The lowest BCUT2D eigenvalue weighted by atomic mass is 10.1. The fourth-order valence-electron chi connectivity index (χ4n) is 2.11. The average molecular weight is 291 g/mol. The van der Waals surface area contributed by atoms with E-state index in [-0.39, 0.29) is 35.7 Å². The van der Waals surface area contributed by atoms with Crippen molar-refractivity contribution >= 4 is 18.3 Å². The zero-order valence-electron chi connectivity index (χ0n) is 10.6. The molecular formula is C13H17ClF2N2O. The third-order valence-electron chi connectivity index (χ3n) is 3.17. The summed E-state index contributed by atoms with van der Waals surface area (Å²) in [5.74, 6) is -1.87. The van der Waals surface area contributed by atoms with Crippen molar-refractivity contribution in [3.05, 3.63) is 35.4 Å². The van der Waals surface area contributed by atoms with Crippen molar-refractivity contribution < 1.29 is 13.6 Å². The molecule has 1 fully saturated rings. The van der Waals surface area contributed by atoms with Crippen LogP contribution in [0, 0.1) is 17.6 Å². The van der Waals surface area contributed by atoms with Crippen LogP contribution in [0.25, 0.3) is 0 Å². The van der Waals surface area contributed by atoms with Crippen molar-refractivity contribution in [3.63, 3.8) is 0 Å². The van der Waals surface area contributed by atoms with Crippen LogP contribution in [0.3, 0.4) is 0 Å². The maximum Gasteiger partial charge on any atom is 0.223 e. The van der Waals surface area contributed by atoms with Crippen molar-refractivity contribution in [2.75, 3.05) is 20.1 Å². The molecule has 0 radical (unpaired) electrons. The standard InChI is InChI=1S/C13H16F2N2O.ClH/c1-16-5-6-17-13(18)9-7-8(9)12-10(14)3-2-4-11(12)15;/h2-4,8-9,16H,5-7H2,1H3,(H,17,18);1H. The molecule has 0 aromatic heterocycles. The Kier molecular flexibility index (Phi) is 5.69. The minimum Gasteiger partial charge on any atom is -0.355 e. The molecule has 1 saturated carbocycles. The highest BCUT2D eigenvalue weighted by atomic mass is 35.5. The van der Waals surface area contributed by atoms with E-state index in [0.717, 1.165) is 0 Å². The molecule has 2 N–H and O–H groups in total. The molecule has 0 aliphatic heterocycles. The van der Waals surface area contributed by atoms with E-state index in [1.54, 1.807) is 7.05 Å². The summed E-state index contributed by atoms with van der Waals surface area (Å²) < 4.78 is 27.0. The monoisotopic (exact) mass is 290 g/mol. The fraction of sp³-hybridized carbons (Fsp3) is 0.462. The zero-order valence-corrected chi connectivity index (χ0v) is 11.4. The SMILES string of the molecule is CNCCNC(=O)C1CC1c1c(F)cccc1F.Cl. The maximum atomic E-state index is 13.5. The number of carbonyl (C=O) groups excluding carboxylic acids is 1. The molecule has 0 heterocycles. The summed E-state index contributed by atoms with van der Waals surface area (Å²) >= 11 is 0. The Morgan fingerprint density at radius 3 is 2.53 bits per heavy atom. The van der Waals surface area contributed by atoms with Gasteiger partial charge in [-0.2, -0.15) is 0 Å². The zero-order chi connectivity index (χ0) is 13.1. The molecule has 19 heavy (non-hydrogen) atoms. The van der Waals surface area contributed by atoms with Gasteiger partial charge in [0.25, 0.3) is 0 Å². The highest BCUT2D eigenvalue weighted by Crippen LogP contribution is 2.49. The van der Waals surface area contributed by atoms with E-state index < -0.39 is 11.6 Å². The van der Waals surface area contributed by atoms with Crippen molar-refractivity contribution in [3.8, 4) is 0 Å². The van der Waals surface area contributed by atoms with Crippen LogP contribution in [-0.2, 0) is 4.79 Å². The molecule has 1 amide bonds. The lowest BCUT2D eigenvalue weighted by Crippen LogP contribution is -2.31. The van der Waals surface area contributed by atoms with Crippen LogP contribution >= 0.6 is 12.4 Å². The Morgan fingerprint density at radius 1 is 1.32 bits per heavy atom. The van der Waals surface area contributed by atoms with E-state index >= 15 is 0 Å². The predicted molar refractivity (Wildman–Crippen MR) is 71.4 cm³/mol. The third-order valence-corrected chi connectivity index (χ3v) is 3.17. The van der Waals surface area contributed by atoms with Gasteiger partial charge in [-0.25, -0.2) is 8.78 Å². The molecule has 6 heteroatoms. The molecule has 0 spiro atoms. The second-order valence-corrected chi connectivity index (χ2v) is 4.48. The fourth-order valence-corrected chi connectivity index (χ4v) is 2.11. The second-order valence-electron chi connectivity index (χ2n) is 4.48. The second kappa shape index (κ2) is 6.82. The Balaban J connectivity index is 0.00000180. The molecule has 1 aromatic carbocycles. The van der Waals surface area contributed by atoms with Gasteiger partial charge in [0.15, 0.2) is 0 Å². The van der Waals surface area contributed by atoms with E-state index in [9.17, 15) is 13.6 Å². The molecule has 0 saturated heterocycles. The summed E-state index contributed by atoms with van der Waals surface area (Å²) in [7, 11) is 1.79. The van der Waals surface area contributed by atoms with Crippen molar-refractivity contribution in [1.29, 1.82) is 0 Å². The molecule has 2 unspecified atom stereocenters. The summed E-state index contributed by atoms with van der Waals surface area (Å²) in [4.78, 5) is 11.7. The number of hydrogen-bond donors (Lipinski definition) is 2. The quantitative estimate of drug-likeness (QED) is 0.812. The molecule has 2 atom stereocenters. The van der Waals surface area contributed by atoms with Gasteiger partial charge < -0.3 is 10.6 Å². The van der Waals surface area contributed by atoms with Gasteiger partial charge in [0.2, 0.25) is 5.91 Å². The Labute approximate surface area is 117 Å². The van der Waals surface area contributed by atoms with Crippen LogP contribution in [0.1, 0.15) is 17.9 Å². The lowest BCUT2D eigenvalue weighted by molar-refractivity contribution is -0.122. The normalized spacial score (nSPS) is 20.6. The topological polar surface area (TPSA) is 41.1 Å². The van der Waals surface area contributed by atoms with Gasteiger partial charge >= 0.3 is 0 Å². The molecule has 3 nitrogen and oxygen atoms in total. The third kappa shape index (κ3) is 3.64. The average Bonchev–Trinajstić information content (AvgIpc) is 3.09. The highest BCUT2D eigenvalue weighted by molar-refractivity contribution is 5.85. The van der Waals surface area contributed by atoms with Gasteiger partial charge in [-0.1, -0.05) is 6.07 Å². The number of likely N-dealkylation sites (N-methyl/N-ethyl adjacent to an activating group) is 1. The number of hydrogen-bond acceptors (Lipinski definition) is 2. The summed E-state index contributed by atoms with van der Waals surface area (Å²) in [6, 6.07) is 3.79. The number of benzene rings is 1. The van der Waals surface area contributed by atoms with Gasteiger partial charge in [0.05, 0.1) is 0 Å². The molecule has 0 bridgehead atoms. The summed E-state index contributed by atoms with van der Waals surface area (Å²) in [6.45, 7) is 1.20. The smallest absolute Gasteiger partial charge is 0.223 e. The van der Waals surface area contributed by atoms with E-state index in [1.165, 1.54) is 18.2 Å². The predicted octanol–water partition coefficient (Wildman–Crippen LogP) is 1.83. The van der Waals surface area contributed by atoms with Crippen molar-refractivity contribution in [2.24, 2.45) is 5.92 Å². The van der Waals surface area contributed by atoms with Crippen molar-refractivity contribution in [2.45, 2.75) is 12.3 Å². The summed E-state index contributed by atoms with van der Waals surface area (Å²) in [6.07, 6.45) is 0.517. The Bertz CT molecular complexity index is 436. The first-order valence-electron chi connectivity index (χ1n) is 6.01. The summed E-state index contributed by atoms with van der Waals surface area (Å²) in [5.41, 5.74) is 0.0475. The molecular weight excluding hydrogens is 274 g/mol. The molecule has 1 aliphatic carbocycles. The number of carbonyl (C=O) groups is 1. The first kappa shape index (κ1) is 15.9. The van der Waals surface area contributed by atoms with E-state index in [4.69, 9.17) is 0 Å². The lowest BCUT2D eigenvalue weighted by Gasteiger charge is -2.05. The maximum absolute atomic E-state index is 13.5. The molecule has 1 aliphatic rings. The Morgan fingerprint density at radius 2 is 1.95 bits per heavy atom. The van der Waals surface area contributed by atoms with E-state index in [1.807, 2.05) is 0 Å². The van der Waals surface area contributed by atoms with Gasteiger partial charge in [-0.3, -0.25) is 4.79 Å². The number of rotatable bonds is 5. The molecule has 106 valence electrons. The van der Waals surface area contributed by atoms with Crippen molar-refractivity contribution in [1.82, 2.24) is 10.6 Å². The minimum absolute atomic E-state index is 0. The molecule has 1 aromatic rings. The number of nitrogens with one attached hydrogen (secondary N) is 2. The van der Waals surface area contributed by atoms with Gasteiger partial charge in [-0.05, 0) is 25.6 Å². The molecule has 2 rings (SSSR count). The van der Waals surface area contributed by atoms with Gasteiger partial charge in [0.1, 0.15) is 11.6 Å². The van der Waals surface area contributed by atoms with Gasteiger partial charge in [0, 0.05) is 30.5 Å². The van der Waals surface area contributed by atoms with Crippen LogP contribution in [-0.4, -0.2) is 26.0 Å². The van der Waals surface area contributed by atoms with Crippen LogP contribution in [0.2, 0.25) is 0 Å². The first-order chi connectivity index (χ1) is 8.65. The number of amides is 1. The minimum atomic E-state index is -0.564. The first-order valence-corrected chi connectivity index (χ1v) is 6.01. The Hall–Kier alpha value is -1.20. The van der Waals surface area contributed by atoms with Crippen LogP contribution in [0.4, 0.5) is 8.78 Å². The largest absolute Gasteiger partial charge is 0.355 e. The van der Waals surface area contributed by atoms with E-state index in [0.29, 0.717) is 19.5 Å².